The fourth-order valence-electron chi connectivity index (χ4n) is 1.89. The quantitative estimate of drug-likeness (QED) is 0.338. The average Bonchev–Trinajstić information content (AvgIpc) is 2.37. The lowest BCUT2D eigenvalue weighted by Gasteiger charge is -2.23. The summed E-state index contributed by atoms with van der Waals surface area (Å²) in [6.07, 6.45) is 2.28. The minimum Gasteiger partial charge on any atom is -0.370 e. The van der Waals surface area contributed by atoms with E-state index in [0.29, 0.717) is 12.5 Å². The van der Waals surface area contributed by atoms with E-state index in [2.05, 4.69) is 62.3 Å². The summed E-state index contributed by atoms with van der Waals surface area (Å²) in [6.45, 7) is 10.3. The first kappa shape index (κ1) is 19.2. The van der Waals surface area contributed by atoms with Crippen molar-refractivity contribution in [1.29, 1.82) is 0 Å². The second-order valence-corrected chi connectivity index (χ2v) is 5.74. The van der Waals surface area contributed by atoms with Crippen molar-refractivity contribution < 1.29 is 0 Å². The van der Waals surface area contributed by atoms with E-state index >= 15 is 0 Å². The van der Waals surface area contributed by atoms with Crippen LogP contribution in [0.5, 0.6) is 0 Å². The molecule has 0 aliphatic heterocycles. The van der Waals surface area contributed by atoms with Gasteiger partial charge in [0.2, 0.25) is 0 Å². The summed E-state index contributed by atoms with van der Waals surface area (Å²) in [4.78, 5) is 4.46. The lowest BCUT2D eigenvalue weighted by molar-refractivity contribution is 0.538. The van der Waals surface area contributed by atoms with E-state index in [1.807, 2.05) is 0 Å². The number of rotatable bonds is 6. The van der Waals surface area contributed by atoms with Crippen LogP contribution in [0.4, 0.5) is 0 Å². The maximum atomic E-state index is 5.87. The van der Waals surface area contributed by atoms with E-state index < -0.39 is 0 Å². The Labute approximate surface area is 140 Å². The largest absolute Gasteiger partial charge is 0.370 e. The van der Waals surface area contributed by atoms with Gasteiger partial charge in [-0.2, -0.15) is 0 Å². The van der Waals surface area contributed by atoms with Gasteiger partial charge in [0.15, 0.2) is 5.96 Å². The molecule has 0 aliphatic carbocycles. The first-order chi connectivity index (χ1) is 8.95. The molecule has 0 unspecified atom stereocenters. The summed E-state index contributed by atoms with van der Waals surface area (Å²) in [5, 5.41) is 3.15. The Morgan fingerprint density at radius 1 is 1.35 bits per heavy atom. The molecule has 0 atom stereocenters. The Hall–Kier alpha value is -0.780. The zero-order valence-corrected chi connectivity index (χ0v) is 15.4. The molecule has 1 aromatic rings. The highest BCUT2D eigenvalue weighted by molar-refractivity contribution is 14.0. The standard InChI is InChI=1S/C16H27N3.HI/c1-5-6-10-18-15(17)19-12-16(3,4)14-9-7-8-13(2)11-14;/h7-9,11H,5-6,10,12H2,1-4H3,(H3,17,18,19);1H. The summed E-state index contributed by atoms with van der Waals surface area (Å²) in [7, 11) is 0. The first-order valence-electron chi connectivity index (χ1n) is 7.06. The number of hydrogen-bond acceptors (Lipinski definition) is 1. The van der Waals surface area contributed by atoms with Crippen LogP contribution in [0.3, 0.4) is 0 Å². The lowest BCUT2D eigenvalue weighted by Crippen LogP contribution is -2.34. The van der Waals surface area contributed by atoms with E-state index in [9.17, 15) is 0 Å². The Kier molecular flexibility index (Phi) is 8.85. The number of nitrogens with one attached hydrogen (secondary N) is 1. The van der Waals surface area contributed by atoms with Crippen LogP contribution in [0, 0.1) is 6.92 Å². The van der Waals surface area contributed by atoms with Crippen LogP contribution >= 0.6 is 24.0 Å². The number of hydrogen-bond donors (Lipinski definition) is 2. The third-order valence-electron chi connectivity index (χ3n) is 3.28. The summed E-state index contributed by atoms with van der Waals surface area (Å²) in [5.41, 5.74) is 8.46. The molecule has 0 saturated heterocycles. The van der Waals surface area contributed by atoms with Gasteiger partial charge in [-0.25, -0.2) is 0 Å². The number of aliphatic imine (C=N–C) groups is 1. The van der Waals surface area contributed by atoms with Crippen molar-refractivity contribution in [1.82, 2.24) is 5.32 Å². The first-order valence-corrected chi connectivity index (χ1v) is 7.06. The fourth-order valence-corrected chi connectivity index (χ4v) is 1.89. The van der Waals surface area contributed by atoms with E-state index in [4.69, 9.17) is 5.73 Å². The fraction of sp³-hybridized carbons (Fsp3) is 0.562. The molecule has 0 fully saturated rings. The molecule has 0 bridgehead atoms. The van der Waals surface area contributed by atoms with E-state index in [-0.39, 0.29) is 29.4 Å². The highest BCUT2D eigenvalue weighted by Gasteiger charge is 2.20. The van der Waals surface area contributed by atoms with Gasteiger partial charge in [-0.3, -0.25) is 4.99 Å². The van der Waals surface area contributed by atoms with Crippen molar-refractivity contribution >= 4 is 29.9 Å². The van der Waals surface area contributed by atoms with Crippen LogP contribution in [0.1, 0.15) is 44.7 Å². The van der Waals surface area contributed by atoms with E-state index in [0.717, 1.165) is 19.4 Å². The maximum absolute atomic E-state index is 5.87. The van der Waals surface area contributed by atoms with E-state index in [1.165, 1.54) is 11.1 Å². The SMILES string of the molecule is CCCCNC(N)=NCC(C)(C)c1cccc(C)c1.I. The predicted molar refractivity (Wildman–Crippen MR) is 99.0 cm³/mol. The van der Waals surface area contributed by atoms with Gasteiger partial charge in [0.25, 0.3) is 0 Å². The monoisotopic (exact) mass is 389 g/mol. The highest BCUT2D eigenvalue weighted by Crippen LogP contribution is 2.24. The van der Waals surface area contributed by atoms with Crippen molar-refractivity contribution in [2.75, 3.05) is 13.1 Å². The summed E-state index contributed by atoms with van der Waals surface area (Å²) >= 11 is 0. The number of nitrogens with zero attached hydrogens (tertiary/aromatic N) is 1. The Bertz CT molecular complexity index is 427. The molecule has 0 radical (unpaired) electrons. The molecular weight excluding hydrogens is 361 g/mol. The van der Waals surface area contributed by atoms with Crippen LogP contribution in [0.15, 0.2) is 29.3 Å². The Balaban J connectivity index is 0.00000361. The van der Waals surface area contributed by atoms with E-state index in [1.54, 1.807) is 0 Å². The number of aryl methyl sites for hydroxylation is 1. The molecule has 3 nitrogen and oxygen atoms in total. The van der Waals surface area contributed by atoms with Gasteiger partial charge in [0, 0.05) is 12.0 Å². The predicted octanol–water partition coefficient (Wildman–Crippen LogP) is 3.60. The van der Waals surface area contributed by atoms with Gasteiger partial charge in [-0.15, -0.1) is 24.0 Å². The molecule has 1 rings (SSSR count). The molecule has 20 heavy (non-hydrogen) atoms. The maximum Gasteiger partial charge on any atom is 0.188 e. The number of nitrogens with two attached hydrogens (primary N) is 1. The number of halogens is 1. The van der Waals surface area contributed by atoms with Crippen LogP contribution in [-0.4, -0.2) is 19.0 Å². The van der Waals surface area contributed by atoms with Crippen LogP contribution in [-0.2, 0) is 5.41 Å². The summed E-state index contributed by atoms with van der Waals surface area (Å²) in [5.74, 6) is 0.550. The third kappa shape index (κ3) is 6.59. The molecule has 0 amide bonds. The number of guanidine groups is 1. The van der Waals surface area contributed by atoms with Gasteiger partial charge in [-0.1, -0.05) is 57.0 Å². The minimum atomic E-state index is 0. The molecule has 0 aliphatic rings. The number of benzene rings is 1. The molecular formula is C16H28IN3. The molecule has 3 N–H and O–H groups in total. The summed E-state index contributed by atoms with van der Waals surface area (Å²) < 4.78 is 0. The van der Waals surface area contributed by atoms with Gasteiger partial charge < -0.3 is 11.1 Å². The van der Waals surface area contributed by atoms with Gasteiger partial charge in [0.05, 0.1) is 6.54 Å². The molecule has 0 spiro atoms. The van der Waals surface area contributed by atoms with Crippen molar-refractivity contribution in [3.8, 4) is 0 Å². The second-order valence-electron chi connectivity index (χ2n) is 5.74. The zero-order valence-electron chi connectivity index (χ0n) is 13.1. The van der Waals surface area contributed by atoms with Gasteiger partial charge >= 0.3 is 0 Å². The molecule has 0 saturated carbocycles. The second kappa shape index (κ2) is 9.21. The smallest absolute Gasteiger partial charge is 0.188 e. The third-order valence-corrected chi connectivity index (χ3v) is 3.28. The van der Waals surface area contributed by atoms with Crippen molar-refractivity contribution in [3.63, 3.8) is 0 Å². The van der Waals surface area contributed by atoms with Crippen molar-refractivity contribution in [2.24, 2.45) is 10.7 Å². The van der Waals surface area contributed by atoms with Crippen molar-refractivity contribution in [2.45, 2.75) is 46.0 Å². The Morgan fingerprint density at radius 3 is 2.65 bits per heavy atom. The number of unbranched alkanes of at least 4 members (excludes halogenated alkanes) is 1. The van der Waals surface area contributed by atoms with Crippen LogP contribution in [0.2, 0.25) is 0 Å². The summed E-state index contributed by atoms with van der Waals surface area (Å²) in [6, 6.07) is 8.59. The highest BCUT2D eigenvalue weighted by atomic mass is 127. The molecule has 114 valence electrons. The van der Waals surface area contributed by atoms with Gasteiger partial charge in [-0.05, 0) is 18.9 Å². The molecule has 4 heteroatoms. The van der Waals surface area contributed by atoms with Crippen molar-refractivity contribution in [3.05, 3.63) is 35.4 Å². The molecule has 1 aromatic carbocycles. The van der Waals surface area contributed by atoms with Gasteiger partial charge in [0.1, 0.15) is 0 Å². The van der Waals surface area contributed by atoms with Crippen LogP contribution in [0.25, 0.3) is 0 Å². The molecule has 0 aromatic heterocycles. The topological polar surface area (TPSA) is 50.4 Å². The average molecular weight is 389 g/mol. The minimum absolute atomic E-state index is 0. The molecule has 0 heterocycles. The van der Waals surface area contributed by atoms with Crippen LogP contribution < -0.4 is 11.1 Å². The zero-order chi connectivity index (χ0) is 14.3. The Morgan fingerprint density at radius 2 is 2.05 bits per heavy atom. The normalized spacial score (nSPS) is 11.9. The lowest BCUT2D eigenvalue weighted by atomic mass is 9.84.